The van der Waals surface area contributed by atoms with Gasteiger partial charge in [0.15, 0.2) is 6.10 Å². The Morgan fingerprint density at radius 2 is 2.00 bits per heavy atom. The van der Waals surface area contributed by atoms with Gasteiger partial charge in [0.2, 0.25) is 0 Å². The Morgan fingerprint density at radius 3 is 2.81 bits per heavy atom. The summed E-state index contributed by atoms with van der Waals surface area (Å²) in [7, 11) is 0. The van der Waals surface area contributed by atoms with E-state index in [-0.39, 0.29) is 24.0 Å². The second-order valence-corrected chi connectivity index (χ2v) is 8.78. The number of benzene rings is 1. The molecule has 0 fully saturated rings. The number of nitrogens with zero attached hydrogens (tertiary/aromatic N) is 2. The third-order valence-electron chi connectivity index (χ3n) is 6.79. The number of ether oxygens (including phenoxy) is 1. The van der Waals surface area contributed by atoms with Crippen molar-refractivity contribution in [1.29, 1.82) is 0 Å². The minimum absolute atomic E-state index is 0.119. The van der Waals surface area contributed by atoms with Crippen LogP contribution in [0.25, 0.3) is 5.57 Å². The molecule has 2 atom stereocenters. The number of hydrogen-bond acceptors (Lipinski definition) is 5. The molecule has 0 saturated heterocycles. The van der Waals surface area contributed by atoms with E-state index in [9.17, 15) is 19.1 Å². The van der Waals surface area contributed by atoms with E-state index < -0.39 is 12.1 Å². The number of cyclic esters (lactones) is 1. The van der Waals surface area contributed by atoms with Crippen molar-refractivity contribution in [2.24, 2.45) is 4.99 Å². The van der Waals surface area contributed by atoms with Crippen LogP contribution in [-0.2, 0) is 35.5 Å². The lowest BCUT2D eigenvalue weighted by atomic mass is 9.87. The van der Waals surface area contributed by atoms with Crippen LogP contribution in [0.15, 0.2) is 21.9 Å². The molecule has 1 aromatic carbocycles. The molecule has 31 heavy (non-hydrogen) atoms. The molecule has 2 aliphatic heterocycles. The highest BCUT2D eigenvalue weighted by molar-refractivity contribution is 5.78. The Balaban J connectivity index is 1.72. The molecule has 0 bridgehead atoms. The molecule has 6 nitrogen and oxygen atoms in total. The fourth-order valence-corrected chi connectivity index (χ4v) is 5.20. The predicted octanol–water partition coefficient (Wildman–Crippen LogP) is 1.53. The zero-order chi connectivity index (χ0) is 21.9. The molecule has 1 aliphatic carbocycles. The van der Waals surface area contributed by atoms with E-state index >= 15 is 0 Å². The number of rotatable bonds is 0. The van der Waals surface area contributed by atoms with E-state index in [0.29, 0.717) is 41.4 Å². The number of carbonyl (C=O) groups is 1. The maximum atomic E-state index is 14.6. The number of carbonyl (C=O) groups excluding carboxylic acids is 1. The number of fused-ring (bicyclic) bond motifs is 2. The summed E-state index contributed by atoms with van der Waals surface area (Å²) in [6, 6.07) is 3.07. The smallest absolute Gasteiger partial charge is 0.340 e. The standard InChI is InChI=1S/C24H25FN2O4/c1-12-8-15-9-17-18(11-31-24(30)22(17)28)23(29)27(15)7-6-14-4-3-5-16-13(2)19(25)10-20(26-12)21(14)16/h9-10,12,22,28H,3-8,11H2,1-2H3/t12?,22-/m0/s1. The number of halogens is 1. The van der Waals surface area contributed by atoms with E-state index in [1.807, 2.05) is 13.8 Å². The summed E-state index contributed by atoms with van der Waals surface area (Å²) < 4.78 is 21.3. The Labute approximate surface area is 178 Å². The zero-order valence-corrected chi connectivity index (χ0v) is 17.7. The van der Waals surface area contributed by atoms with Crippen molar-refractivity contribution in [3.63, 3.8) is 0 Å². The molecule has 7 heteroatoms. The summed E-state index contributed by atoms with van der Waals surface area (Å²) in [5, 5.41) is 12.0. The van der Waals surface area contributed by atoms with Gasteiger partial charge in [-0.1, -0.05) is 5.57 Å². The van der Waals surface area contributed by atoms with Crippen molar-refractivity contribution in [3.8, 4) is 0 Å². The third kappa shape index (κ3) is 3.22. The van der Waals surface area contributed by atoms with Crippen molar-refractivity contribution in [2.45, 2.75) is 71.2 Å². The average Bonchev–Trinajstić information content (AvgIpc) is 2.74. The quantitative estimate of drug-likeness (QED) is 0.651. The van der Waals surface area contributed by atoms with E-state index in [0.717, 1.165) is 35.7 Å². The van der Waals surface area contributed by atoms with Gasteiger partial charge in [0.05, 0.1) is 17.0 Å². The second-order valence-electron chi connectivity index (χ2n) is 8.78. The van der Waals surface area contributed by atoms with Gasteiger partial charge in [0, 0.05) is 29.4 Å². The van der Waals surface area contributed by atoms with Gasteiger partial charge in [-0.15, -0.1) is 0 Å². The molecule has 3 heterocycles. The normalized spacial score (nSPS) is 22.6. The average molecular weight is 424 g/mol. The fraction of sp³-hybridized carbons (Fsp3) is 0.458. The molecule has 5 rings (SSSR count). The van der Waals surface area contributed by atoms with E-state index in [4.69, 9.17) is 9.73 Å². The molecule has 3 aliphatic rings. The molecule has 0 spiro atoms. The fourth-order valence-electron chi connectivity index (χ4n) is 5.20. The van der Waals surface area contributed by atoms with Gasteiger partial charge in [-0.2, -0.15) is 0 Å². The SMILES string of the molecule is Cc1c(F)cc2c3c1CCCC=3CCn1c(cc3c(c1=O)COC(=O)[C@H]3O)CC(C)N=2. The Bertz CT molecular complexity index is 1290. The van der Waals surface area contributed by atoms with Crippen molar-refractivity contribution in [1.82, 2.24) is 4.57 Å². The van der Waals surface area contributed by atoms with Crippen LogP contribution < -0.4 is 16.1 Å². The van der Waals surface area contributed by atoms with Gasteiger partial charge < -0.3 is 14.4 Å². The lowest BCUT2D eigenvalue weighted by molar-refractivity contribution is -0.157. The van der Waals surface area contributed by atoms with Crippen LogP contribution in [0.2, 0.25) is 0 Å². The maximum Gasteiger partial charge on any atom is 0.340 e. The number of aliphatic hydroxyl groups is 1. The summed E-state index contributed by atoms with van der Waals surface area (Å²) >= 11 is 0. The van der Waals surface area contributed by atoms with E-state index in [1.54, 1.807) is 10.6 Å². The lowest BCUT2D eigenvalue weighted by Crippen LogP contribution is -2.39. The third-order valence-corrected chi connectivity index (χ3v) is 6.79. The van der Waals surface area contributed by atoms with Crippen molar-refractivity contribution in [2.75, 3.05) is 0 Å². The first-order valence-corrected chi connectivity index (χ1v) is 10.8. The van der Waals surface area contributed by atoms with Gasteiger partial charge in [0.1, 0.15) is 12.4 Å². The number of pyridine rings is 1. The summed E-state index contributed by atoms with van der Waals surface area (Å²) in [5.41, 5.74) is 4.11. The van der Waals surface area contributed by atoms with Gasteiger partial charge in [-0.3, -0.25) is 9.79 Å². The van der Waals surface area contributed by atoms with Crippen molar-refractivity contribution < 1.29 is 19.0 Å². The molecule has 1 unspecified atom stereocenters. The second kappa shape index (κ2) is 7.41. The van der Waals surface area contributed by atoms with Crippen LogP contribution in [0.3, 0.4) is 0 Å². The van der Waals surface area contributed by atoms with E-state index in [1.165, 1.54) is 11.6 Å². The van der Waals surface area contributed by atoms with Crippen LogP contribution in [0.4, 0.5) is 4.39 Å². The van der Waals surface area contributed by atoms with Crippen LogP contribution in [0.1, 0.15) is 60.2 Å². The number of aliphatic hydroxyl groups excluding tert-OH is 1. The monoisotopic (exact) mass is 424 g/mol. The van der Waals surface area contributed by atoms with Crippen LogP contribution in [0, 0.1) is 12.7 Å². The van der Waals surface area contributed by atoms with Gasteiger partial charge >= 0.3 is 5.97 Å². The van der Waals surface area contributed by atoms with Crippen LogP contribution >= 0.6 is 0 Å². The minimum atomic E-state index is -1.45. The zero-order valence-electron chi connectivity index (χ0n) is 17.7. The molecule has 1 N–H and O–H groups in total. The minimum Gasteiger partial charge on any atom is -0.458 e. The first-order chi connectivity index (χ1) is 14.8. The Morgan fingerprint density at radius 1 is 1.19 bits per heavy atom. The molecule has 2 aromatic rings. The lowest BCUT2D eigenvalue weighted by Gasteiger charge is -2.26. The van der Waals surface area contributed by atoms with Crippen LogP contribution in [-0.4, -0.2) is 21.7 Å². The van der Waals surface area contributed by atoms with Crippen molar-refractivity contribution >= 4 is 11.5 Å². The molecular weight excluding hydrogens is 399 g/mol. The summed E-state index contributed by atoms with van der Waals surface area (Å²) in [4.78, 5) is 29.9. The highest BCUT2D eigenvalue weighted by Crippen LogP contribution is 2.26. The Kier molecular flexibility index (Phi) is 4.81. The first kappa shape index (κ1) is 20.1. The molecule has 0 saturated carbocycles. The summed E-state index contributed by atoms with van der Waals surface area (Å²) in [6.45, 7) is 4.14. The molecule has 162 valence electrons. The van der Waals surface area contributed by atoms with Gasteiger partial charge in [0.25, 0.3) is 5.56 Å². The van der Waals surface area contributed by atoms with E-state index in [2.05, 4.69) is 0 Å². The molecule has 1 aromatic heterocycles. The number of aromatic nitrogens is 1. The molecular formula is C24H25FN2O4. The summed E-state index contributed by atoms with van der Waals surface area (Å²) in [6.07, 6.45) is 2.37. The summed E-state index contributed by atoms with van der Waals surface area (Å²) in [5.74, 6) is -0.963. The van der Waals surface area contributed by atoms with Gasteiger partial charge in [-0.05, 0) is 62.8 Å². The highest BCUT2D eigenvalue weighted by atomic mass is 19.1. The Hall–Kier alpha value is -2.80. The number of hydrogen-bond donors (Lipinski definition) is 1. The molecule has 0 amide bonds. The van der Waals surface area contributed by atoms with Crippen LogP contribution in [0.5, 0.6) is 0 Å². The topological polar surface area (TPSA) is 80.9 Å². The predicted molar refractivity (Wildman–Crippen MR) is 112 cm³/mol. The van der Waals surface area contributed by atoms with Crippen molar-refractivity contribution in [3.05, 3.63) is 66.8 Å². The first-order valence-electron chi connectivity index (χ1n) is 10.8. The maximum absolute atomic E-state index is 14.6. The highest BCUT2D eigenvalue weighted by Gasteiger charge is 2.31. The largest absolute Gasteiger partial charge is 0.458 e. The van der Waals surface area contributed by atoms with Gasteiger partial charge in [-0.25, -0.2) is 9.18 Å². The number of esters is 1. The molecule has 0 radical (unpaired) electrons.